The van der Waals surface area contributed by atoms with E-state index in [9.17, 15) is 0 Å². The topological polar surface area (TPSA) is 42.2 Å². The minimum absolute atomic E-state index is 0.480. The second-order valence-corrected chi connectivity index (χ2v) is 6.97. The molecule has 20 heavy (non-hydrogen) atoms. The van der Waals surface area contributed by atoms with Gasteiger partial charge in [0.05, 0.1) is 5.56 Å². The number of aromatic nitrogens is 1. The third-order valence-corrected chi connectivity index (χ3v) is 4.68. The number of hydrogen-bond donors (Lipinski definition) is 1. The fourth-order valence-electron chi connectivity index (χ4n) is 3.72. The van der Waals surface area contributed by atoms with Crippen molar-refractivity contribution in [3.05, 3.63) is 22.9 Å². The van der Waals surface area contributed by atoms with E-state index in [0.29, 0.717) is 16.8 Å². The normalized spacial score (nSPS) is 25.6. The molecule has 1 aromatic heterocycles. The van der Waals surface area contributed by atoms with Crippen molar-refractivity contribution < 1.29 is 0 Å². The van der Waals surface area contributed by atoms with E-state index in [2.05, 4.69) is 24.8 Å². The highest BCUT2D eigenvalue weighted by atomic mass is 32.1. The Balaban J connectivity index is 2.01. The molecule has 2 heterocycles. The molecule has 2 atom stereocenters. The lowest BCUT2D eigenvalue weighted by molar-refractivity contribution is 0.355. The summed E-state index contributed by atoms with van der Waals surface area (Å²) in [6.45, 7) is 6.75. The number of anilines is 1. The van der Waals surface area contributed by atoms with Crippen LogP contribution in [0.4, 0.5) is 5.82 Å². The summed E-state index contributed by atoms with van der Waals surface area (Å²) in [6.07, 6.45) is 4.71. The molecule has 3 nitrogen and oxygen atoms in total. The number of piperidine rings is 1. The molecule has 1 aliphatic heterocycles. The van der Waals surface area contributed by atoms with Crippen LogP contribution in [0.15, 0.2) is 6.07 Å². The molecule has 0 spiro atoms. The fraction of sp³-hybridized carbons (Fsp3) is 0.625. The monoisotopic (exact) mass is 289 g/mol. The highest BCUT2D eigenvalue weighted by Crippen LogP contribution is 2.31. The Labute approximate surface area is 126 Å². The lowest BCUT2D eigenvalue weighted by Crippen LogP contribution is -2.40. The smallest absolute Gasteiger partial charge is 0.139 e. The van der Waals surface area contributed by atoms with Gasteiger partial charge in [0.15, 0.2) is 0 Å². The summed E-state index contributed by atoms with van der Waals surface area (Å²) < 4.78 is 0. The maximum Gasteiger partial charge on any atom is 0.139 e. The molecule has 108 valence electrons. The zero-order valence-corrected chi connectivity index (χ0v) is 13.2. The van der Waals surface area contributed by atoms with Gasteiger partial charge in [-0.3, -0.25) is 0 Å². The molecule has 1 aromatic rings. The second kappa shape index (κ2) is 5.32. The number of nitrogens with two attached hydrogens (primary N) is 1. The van der Waals surface area contributed by atoms with E-state index >= 15 is 0 Å². The lowest BCUT2D eigenvalue weighted by Gasteiger charge is -2.37. The van der Waals surface area contributed by atoms with E-state index in [4.69, 9.17) is 22.9 Å². The Morgan fingerprint density at radius 3 is 2.65 bits per heavy atom. The minimum atomic E-state index is 0.480. The molecule has 0 saturated carbocycles. The van der Waals surface area contributed by atoms with Crippen LogP contribution in [0.25, 0.3) is 0 Å². The van der Waals surface area contributed by atoms with Crippen molar-refractivity contribution in [3.8, 4) is 0 Å². The van der Waals surface area contributed by atoms with Crippen LogP contribution in [0.1, 0.15) is 43.5 Å². The second-order valence-electron chi connectivity index (χ2n) is 6.53. The lowest BCUT2D eigenvalue weighted by atomic mass is 9.91. The number of hydrogen-bond acceptors (Lipinski definition) is 3. The van der Waals surface area contributed by atoms with Gasteiger partial charge in [-0.25, -0.2) is 4.98 Å². The van der Waals surface area contributed by atoms with Crippen LogP contribution >= 0.6 is 12.2 Å². The summed E-state index contributed by atoms with van der Waals surface area (Å²) in [5.41, 5.74) is 9.52. The molecule has 1 fully saturated rings. The van der Waals surface area contributed by atoms with Crippen LogP contribution in [0.2, 0.25) is 0 Å². The molecule has 0 aromatic carbocycles. The van der Waals surface area contributed by atoms with Crippen molar-refractivity contribution in [2.45, 2.75) is 39.5 Å². The summed E-state index contributed by atoms with van der Waals surface area (Å²) in [6, 6.07) is 2.19. The summed E-state index contributed by atoms with van der Waals surface area (Å²) in [5.74, 6) is 2.43. The molecule has 3 rings (SSSR count). The summed E-state index contributed by atoms with van der Waals surface area (Å²) in [4.78, 5) is 7.80. The van der Waals surface area contributed by atoms with Gasteiger partial charge in [-0.2, -0.15) is 0 Å². The Hall–Kier alpha value is -1.16. The third kappa shape index (κ3) is 2.53. The molecule has 1 saturated heterocycles. The van der Waals surface area contributed by atoms with Crippen molar-refractivity contribution in [1.29, 1.82) is 0 Å². The van der Waals surface area contributed by atoms with Gasteiger partial charge in [0.25, 0.3) is 0 Å². The highest BCUT2D eigenvalue weighted by Gasteiger charge is 2.27. The average Bonchev–Trinajstić information content (AvgIpc) is 2.83. The van der Waals surface area contributed by atoms with Crippen molar-refractivity contribution in [2.75, 3.05) is 18.0 Å². The Bertz CT molecular complexity index is 531. The highest BCUT2D eigenvalue weighted by molar-refractivity contribution is 7.80. The van der Waals surface area contributed by atoms with Gasteiger partial charge in [-0.15, -0.1) is 0 Å². The first-order valence-electron chi connectivity index (χ1n) is 7.62. The zero-order valence-electron chi connectivity index (χ0n) is 12.4. The van der Waals surface area contributed by atoms with Gasteiger partial charge < -0.3 is 10.6 Å². The van der Waals surface area contributed by atoms with Crippen LogP contribution in [0, 0.1) is 11.8 Å². The largest absolute Gasteiger partial charge is 0.389 e. The number of aryl methyl sites for hydroxylation is 2. The van der Waals surface area contributed by atoms with E-state index in [1.807, 2.05) is 0 Å². The van der Waals surface area contributed by atoms with Gasteiger partial charge >= 0.3 is 0 Å². The van der Waals surface area contributed by atoms with Gasteiger partial charge in [0, 0.05) is 18.8 Å². The van der Waals surface area contributed by atoms with Crippen LogP contribution in [-0.2, 0) is 12.8 Å². The number of pyridine rings is 1. The summed E-state index contributed by atoms with van der Waals surface area (Å²) >= 11 is 5.26. The van der Waals surface area contributed by atoms with Crippen LogP contribution in [0.5, 0.6) is 0 Å². The SMILES string of the molecule is CC1CC(C)CN(c2nc3c(cc2C(N)=S)CCC3)C1. The van der Waals surface area contributed by atoms with Crippen LogP contribution in [-0.4, -0.2) is 23.1 Å². The summed E-state index contributed by atoms with van der Waals surface area (Å²) in [5, 5.41) is 0. The van der Waals surface area contributed by atoms with Crippen molar-refractivity contribution >= 4 is 23.0 Å². The molecule has 1 aliphatic carbocycles. The van der Waals surface area contributed by atoms with Gasteiger partial charge in [0.1, 0.15) is 10.8 Å². The molecule has 0 bridgehead atoms. The van der Waals surface area contributed by atoms with Crippen LogP contribution < -0.4 is 10.6 Å². The van der Waals surface area contributed by atoms with Crippen molar-refractivity contribution in [3.63, 3.8) is 0 Å². The number of fused-ring (bicyclic) bond motifs is 1. The quantitative estimate of drug-likeness (QED) is 0.850. The molecule has 2 unspecified atom stereocenters. The molecule has 2 N–H and O–H groups in total. The predicted molar refractivity (Wildman–Crippen MR) is 87.3 cm³/mol. The van der Waals surface area contributed by atoms with Crippen molar-refractivity contribution in [2.24, 2.45) is 17.6 Å². The summed E-state index contributed by atoms with van der Waals surface area (Å²) in [7, 11) is 0. The molecule has 0 radical (unpaired) electrons. The third-order valence-electron chi connectivity index (χ3n) is 4.46. The molecule has 0 amide bonds. The number of nitrogens with zero attached hydrogens (tertiary/aromatic N) is 2. The average molecular weight is 289 g/mol. The molecular weight excluding hydrogens is 266 g/mol. The van der Waals surface area contributed by atoms with Gasteiger partial charge in [0.2, 0.25) is 0 Å². The van der Waals surface area contributed by atoms with Crippen molar-refractivity contribution in [1.82, 2.24) is 4.98 Å². The van der Waals surface area contributed by atoms with Gasteiger partial charge in [-0.05, 0) is 49.1 Å². The Morgan fingerprint density at radius 2 is 2.00 bits per heavy atom. The predicted octanol–water partition coefficient (Wildman–Crippen LogP) is 2.69. The van der Waals surface area contributed by atoms with E-state index < -0.39 is 0 Å². The van der Waals surface area contributed by atoms with E-state index in [0.717, 1.165) is 37.3 Å². The van der Waals surface area contributed by atoms with Crippen LogP contribution in [0.3, 0.4) is 0 Å². The van der Waals surface area contributed by atoms with Gasteiger partial charge in [-0.1, -0.05) is 26.1 Å². The van der Waals surface area contributed by atoms with E-state index in [1.54, 1.807) is 0 Å². The first kappa shape index (κ1) is 13.8. The first-order chi connectivity index (χ1) is 9.54. The Morgan fingerprint density at radius 1 is 1.30 bits per heavy atom. The molecular formula is C16H23N3S. The standard InChI is InChI=1S/C16H23N3S/c1-10-6-11(2)9-19(8-10)16-13(15(17)20)7-12-4-3-5-14(12)18-16/h7,10-11H,3-6,8-9H2,1-2H3,(H2,17,20). The molecule has 2 aliphatic rings. The molecule has 4 heteroatoms. The maximum atomic E-state index is 5.95. The van der Waals surface area contributed by atoms with E-state index in [-0.39, 0.29) is 0 Å². The Kier molecular flexibility index (Phi) is 3.67. The zero-order chi connectivity index (χ0) is 14.3. The number of rotatable bonds is 2. The number of thiocarbonyl (C=S) groups is 1. The fourth-order valence-corrected chi connectivity index (χ4v) is 3.87. The van der Waals surface area contributed by atoms with E-state index in [1.165, 1.54) is 24.1 Å². The first-order valence-corrected chi connectivity index (χ1v) is 8.03. The minimum Gasteiger partial charge on any atom is -0.389 e. The maximum absolute atomic E-state index is 5.95.